The Morgan fingerprint density at radius 2 is 2.27 bits per heavy atom. The molecule has 2 atom stereocenters. The Labute approximate surface area is 91.2 Å². The molecule has 0 bridgehead atoms. The predicted octanol–water partition coefficient (Wildman–Crippen LogP) is 1.35. The van der Waals surface area contributed by atoms with Crippen LogP contribution in [0, 0.1) is 0 Å². The molecule has 0 aromatic rings. The Balaban J connectivity index is 2.52. The molecule has 1 heterocycles. The Bertz CT molecular complexity index is 218. The van der Waals surface area contributed by atoms with E-state index in [0.717, 1.165) is 13.0 Å². The fourth-order valence-electron chi connectivity index (χ4n) is 2.19. The zero-order chi connectivity index (χ0) is 11.4. The minimum atomic E-state index is -0.729. The van der Waals surface area contributed by atoms with Crippen molar-refractivity contribution in [1.82, 2.24) is 4.90 Å². The van der Waals surface area contributed by atoms with E-state index in [0.29, 0.717) is 18.6 Å². The molecule has 4 heteroatoms. The van der Waals surface area contributed by atoms with Gasteiger partial charge in [0.05, 0.1) is 12.5 Å². The Morgan fingerprint density at radius 1 is 1.60 bits per heavy atom. The van der Waals surface area contributed by atoms with Gasteiger partial charge in [-0.1, -0.05) is 0 Å². The van der Waals surface area contributed by atoms with Gasteiger partial charge in [0.15, 0.2) is 0 Å². The van der Waals surface area contributed by atoms with Gasteiger partial charge in [0, 0.05) is 25.2 Å². The van der Waals surface area contributed by atoms with Crippen molar-refractivity contribution < 1.29 is 14.6 Å². The summed E-state index contributed by atoms with van der Waals surface area (Å²) in [6, 6.07) is 0.753. The number of hydrogen-bond acceptors (Lipinski definition) is 3. The van der Waals surface area contributed by atoms with Gasteiger partial charge in [-0.3, -0.25) is 9.69 Å². The van der Waals surface area contributed by atoms with Crippen LogP contribution in [-0.2, 0) is 9.53 Å². The first-order chi connectivity index (χ1) is 7.02. The lowest BCUT2D eigenvalue weighted by Crippen LogP contribution is -2.45. The fourth-order valence-corrected chi connectivity index (χ4v) is 2.19. The summed E-state index contributed by atoms with van der Waals surface area (Å²) in [4.78, 5) is 12.8. The van der Waals surface area contributed by atoms with E-state index in [1.54, 1.807) is 0 Å². The van der Waals surface area contributed by atoms with E-state index in [-0.39, 0.29) is 12.5 Å². The van der Waals surface area contributed by atoms with Crippen molar-refractivity contribution in [1.29, 1.82) is 0 Å². The van der Waals surface area contributed by atoms with Gasteiger partial charge in [0.2, 0.25) is 0 Å². The van der Waals surface area contributed by atoms with E-state index in [2.05, 4.69) is 25.7 Å². The van der Waals surface area contributed by atoms with Crippen LogP contribution in [0.4, 0.5) is 0 Å². The van der Waals surface area contributed by atoms with Gasteiger partial charge >= 0.3 is 5.97 Å². The molecule has 0 spiro atoms. The third kappa shape index (κ3) is 3.47. The van der Waals surface area contributed by atoms with Crippen LogP contribution in [0.5, 0.6) is 0 Å². The van der Waals surface area contributed by atoms with Gasteiger partial charge in [0.1, 0.15) is 0 Å². The Kier molecular flexibility index (Phi) is 4.54. The molecule has 1 aliphatic heterocycles. The normalized spacial score (nSPS) is 26.5. The van der Waals surface area contributed by atoms with Crippen LogP contribution in [0.25, 0.3) is 0 Å². The highest BCUT2D eigenvalue weighted by molar-refractivity contribution is 5.66. The molecule has 4 nitrogen and oxygen atoms in total. The maximum atomic E-state index is 10.6. The summed E-state index contributed by atoms with van der Waals surface area (Å²) < 4.78 is 5.51. The first-order valence-electron chi connectivity index (χ1n) is 5.61. The molecule has 88 valence electrons. The van der Waals surface area contributed by atoms with Crippen LogP contribution < -0.4 is 0 Å². The maximum Gasteiger partial charge on any atom is 0.304 e. The van der Waals surface area contributed by atoms with Crippen LogP contribution in [-0.4, -0.2) is 47.3 Å². The second-order valence-electron chi connectivity index (χ2n) is 4.41. The van der Waals surface area contributed by atoms with Gasteiger partial charge < -0.3 is 9.84 Å². The van der Waals surface area contributed by atoms with Crippen molar-refractivity contribution in [2.45, 2.75) is 51.8 Å². The standard InChI is InChI=1S/C11H21NO3/c1-8(2)12(6-4-11(13)14)10-5-7-15-9(10)3/h8-10H,4-7H2,1-3H3,(H,13,14). The molecule has 0 amide bonds. The van der Waals surface area contributed by atoms with E-state index >= 15 is 0 Å². The third-order valence-electron chi connectivity index (χ3n) is 3.01. The fraction of sp³-hybridized carbons (Fsp3) is 0.909. The summed E-state index contributed by atoms with van der Waals surface area (Å²) in [7, 11) is 0. The molecular formula is C11H21NO3. The molecule has 1 N–H and O–H groups in total. The summed E-state index contributed by atoms with van der Waals surface area (Å²) >= 11 is 0. The van der Waals surface area contributed by atoms with Crippen LogP contribution in [0.1, 0.15) is 33.6 Å². The van der Waals surface area contributed by atoms with Gasteiger partial charge in [-0.25, -0.2) is 0 Å². The molecule has 1 fully saturated rings. The molecule has 1 saturated heterocycles. The molecule has 2 unspecified atom stereocenters. The van der Waals surface area contributed by atoms with Crippen molar-refractivity contribution >= 4 is 5.97 Å². The van der Waals surface area contributed by atoms with Crippen molar-refractivity contribution in [2.75, 3.05) is 13.2 Å². The summed E-state index contributed by atoms with van der Waals surface area (Å²) in [6.45, 7) is 7.68. The number of carbonyl (C=O) groups is 1. The van der Waals surface area contributed by atoms with Crippen LogP contribution in [0.2, 0.25) is 0 Å². The first kappa shape index (κ1) is 12.5. The maximum absolute atomic E-state index is 10.6. The molecule has 1 aliphatic rings. The predicted molar refractivity (Wildman–Crippen MR) is 57.9 cm³/mol. The van der Waals surface area contributed by atoms with Crippen LogP contribution in [0.3, 0.4) is 0 Å². The highest BCUT2D eigenvalue weighted by Gasteiger charge is 2.31. The van der Waals surface area contributed by atoms with Crippen molar-refractivity contribution in [3.05, 3.63) is 0 Å². The average molecular weight is 215 g/mol. The van der Waals surface area contributed by atoms with E-state index in [1.807, 2.05) is 0 Å². The van der Waals surface area contributed by atoms with Gasteiger partial charge in [-0.2, -0.15) is 0 Å². The number of aliphatic carboxylic acids is 1. The van der Waals surface area contributed by atoms with E-state index in [4.69, 9.17) is 9.84 Å². The molecule has 0 saturated carbocycles. The second-order valence-corrected chi connectivity index (χ2v) is 4.41. The van der Waals surface area contributed by atoms with Crippen molar-refractivity contribution in [2.24, 2.45) is 0 Å². The zero-order valence-corrected chi connectivity index (χ0v) is 9.77. The highest BCUT2D eigenvalue weighted by Crippen LogP contribution is 2.21. The topological polar surface area (TPSA) is 49.8 Å². The lowest BCUT2D eigenvalue weighted by atomic mass is 10.1. The quantitative estimate of drug-likeness (QED) is 0.752. The Morgan fingerprint density at radius 3 is 2.67 bits per heavy atom. The minimum Gasteiger partial charge on any atom is -0.481 e. The summed E-state index contributed by atoms with van der Waals surface area (Å²) in [5, 5.41) is 8.69. The number of carboxylic acid groups (broad SMARTS) is 1. The summed E-state index contributed by atoms with van der Waals surface area (Å²) in [5.41, 5.74) is 0. The molecular weight excluding hydrogens is 194 g/mol. The van der Waals surface area contributed by atoms with E-state index in [9.17, 15) is 4.79 Å². The minimum absolute atomic E-state index is 0.210. The van der Waals surface area contributed by atoms with E-state index in [1.165, 1.54) is 0 Å². The number of nitrogens with zero attached hydrogens (tertiary/aromatic N) is 1. The third-order valence-corrected chi connectivity index (χ3v) is 3.01. The molecule has 0 aromatic heterocycles. The van der Waals surface area contributed by atoms with Gasteiger partial charge in [0.25, 0.3) is 0 Å². The molecule has 0 aliphatic carbocycles. The molecule has 1 rings (SSSR count). The zero-order valence-electron chi connectivity index (χ0n) is 9.77. The first-order valence-corrected chi connectivity index (χ1v) is 5.61. The SMILES string of the molecule is CC1OCCC1N(CCC(=O)O)C(C)C. The summed E-state index contributed by atoms with van der Waals surface area (Å²) in [6.07, 6.45) is 1.45. The van der Waals surface area contributed by atoms with Crippen LogP contribution >= 0.6 is 0 Å². The number of hydrogen-bond donors (Lipinski definition) is 1. The number of carboxylic acids is 1. The summed E-state index contributed by atoms with van der Waals surface area (Å²) in [5.74, 6) is -0.729. The molecule has 15 heavy (non-hydrogen) atoms. The van der Waals surface area contributed by atoms with Crippen molar-refractivity contribution in [3.8, 4) is 0 Å². The highest BCUT2D eigenvalue weighted by atomic mass is 16.5. The average Bonchev–Trinajstić information content (AvgIpc) is 2.51. The largest absolute Gasteiger partial charge is 0.481 e. The van der Waals surface area contributed by atoms with Crippen molar-refractivity contribution in [3.63, 3.8) is 0 Å². The lowest BCUT2D eigenvalue weighted by molar-refractivity contribution is -0.137. The molecule has 0 aromatic carbocycles. The number of ether oxygens (including phenoxy) is 1. The van der Waals surface area contributed by atoms with Gasteiger partial charge in [-0.05, 0) is 27.2 Å². The monoisotopic (exact) mass is 215 g/mol. The molecule has 0 radical (unpaired) electrons. The Hall–Kier alpha value is -0.610. The smallest absolute Gasteiger partial charge is 0.304 e. The lowest BCUT2D eigenvalue weighted by Gasteiger charge is -2.33. The van der Waals surface area contributed by atoms with Gasteiger partial charge in [-0.15, -0.1) is 0 Å². The van der Waals surface area contributed by atoms with Crippen LogP contribution in [0.15, 0.2) is 0 Å². The second kappa shape index (κ2) is 5.47. The van der Waals surface area contributed by atoms with E-state index < -0.39 is 5.97 Å². The number of rotatable bonds is 5.